The van der Waals surface area contributed by atoms with E-state index in [4.69, 9.17) is 4.98 Å². The van der Waals surface area contributed by atoms with Crippen molar-refractivity contribution in [1.82, 2.24) is 40.3 Å². The fourth-order valence-electron chi connectivity index (χ4n) is 5.59. The van der Waals surface area contributed by atoms with E-state index in [2.05, 4.69) is 71.0 Å². The Balaban J connectivity index is 0.00000197. The van der Waals surface area contributed by atoms with Crippen LogP contribution in [0.1, 0.15) is 25.0 Å². The first-order chi connectivity index (χ1) is 23.5. The third-order valence-corrected chi connectivity index (χ3v) is 7.91. The van der Waals surface area contributed by atoms with E-state index in [1.165, 1.54) is 17.7 Å². The van der Waals surface area contributed by atoms with E-state index in [1.54, 1.807) is 12.4 Å². The second-order valence-corrected chi connectivity index (χ2v) is 11.6. The zero-order chi connectivity index (χ0) is 33.5. The highest BCUT2D eigenvalue weighted by Gasteiger charge is 2.17. The number of H-pyrrole nitrogens is 2. The summed E-state index contributed by atoms with van der Waals surface area (Å²) >= 11 is 0. The molecule has 7 aromatic rings. The molecule has 0 atom stereocenters. The molecule has 4 N–H and O–H groups in total. The molecule has 0 bridgehead atoms. The minimum Gasteiger partial charge on any atom is -0.384 e. The lowest BCUT2D eigenvalue weighted by Crippen LogP contribution is -2.20. The molecule has 0 unspecified atom stereocenters. The minimum absolute atomic E-state index is 0.325. The SMILES string of the molecule is CC.CN(C)CCNc1cc(F)cc(-c2cncc3[nH]c(-c4n[nH]c5ccc(-c6cncc(CNCc7ccccc7)c6)cc45)nc23)c1. The monoisotopic (exact) mass is 641 g/mol. The molecule has 3 aromatic carbocycles. The maximum Gasteiger partial charge on any atom is 0.159 e. The van der Waals surface area contributed by atoms with Crippen LogP contribution in [0.4, 0.5) is 10.1 Å². The van der Waals surface area contributed by atoms with Gasteiger partial charge in [-0.15, -0.1) is 0 Å². The zero-order valence-electron chi connectivity index (χ0n) is 27.7. The number of likely N-dealkylation sites (N-methyl/N-ethyl adjacent to an activating group) is 1. The number of pyridine rings is 2. The molecule has 0 aliphatic heterocycles. The summed E-state index contributed by atoms with van der Waals surface area (Å²) < 4.78 is 14.7. The van der Waals surface area contributed by atoms with Gasteiger partial charge in [-0.05, 0) is 72.7 Å². The number of hydrogen-bond donors (Lipinski definition) is 4. The Kier molecular flexibility index (Phi) is 10.1. The van der Waals surface area contributed by atoms with Crippen molar-refractivity contribution in [2.75, 3.05) is 32.5 Å². The van der Waals surface area contributed by atoms with Crippen LogP contribution in [0.5, 0.6) is 0 Å². The molecule has 0 saturated heterocycles. The molecule has 0 aliphatic carbocycles. The van der Waals surface area contributed by atoms with E-state index in [0.29, 0.717) is 41.4 Å². The second kappa shape index (κ2) is 15.0. The maximum atomic E-state index is 14.7. The van der Waals surface area contributed by atoms with E-state index in [9.17, 15) is 4.39 Å². The summed E-state index contributed by atoms with van der Waals surface area (Å²) in [6.45, 7) is 7.03. The average molecular weight is 642 g/mol. The van der Waals surface area contributed by atoms with E-state index in [0.717, 1.165) is 51.8 Å². The predicted octanol–water partition coefficient (Wildman–Crippen LogP) is 7.66. The maximum absolute atomic E-state index is 14.7. The second-order valence-electron chi connectivity index (χ2n) is 11.6. The molecule has 244 valence electrons. The van der Waals surface area contributed by atoms with Crippen LogP contribution in [-0.2, 0) is 13.1 Å². The Bertz CT molecular complexity index is 2120. The smallest absolute Gasteiger partial charge is 0.159 e. The lowest BCUT2D eigenvalue weighted by Gasteiger charge is -2.12. The average Bonchev–Trinajstić information content (AvgIpc) is 3.73. The van der Waals surface area contributed by atoms with Gasteiger partial charge in [0.15, 0.2) is 5.82 Å². The Morgan fingerprint density at radius 2 is 1.58 bits per heavy atom. The van der Waals surface area contributed by atoms with E-state index >= 15 is 0 Å². The number of imidazole rings is 1. The summed E-state index contributed by atoms with van der Waals surface area (Å²) in [7, 11) is 4.01. The summed E-state index contributed by atoms with van der Waals surface area (Å²) in [5.74, 6) is 0.277. The number of rotatable bonds is 11. The Morgan fingerprint density at radius 1 is 0.771 bits per heavy atom. The van der Waals surface area contributed by atoms with Gasteiger partial charge in [0.25, 0.3) is 0 Å². The molecule has 7 rings (SSSR count). The number of hydrogen-bond acceptors (Lipinski definition) is 7. The van der Waals surface area contributed by atoms with Crippen LogP contribution in [-0.4, -0.2) is 62.2 Å². The number of anilines is 1. The molecule has 48 heavy (non-hydrogen) atoms. The van der Waals surface area contributed by atoms with Crippen molar-refractivity contribution in [1.29, 1.82) is 0 Å². The highest BCUT2D eigenvalue weighted by molar-refractivity contribution is 5.98. The number of nitrogens with one attached hydrogen (secondary N) is 4. The molecule has 0 saturated carbocycles. The Morgan fingerprint density at radius 3 is 2.42 bits per heavy atom. The first kappa shape index (κ1) is 32.5. The Hall–Kier alpha value is -5.45. The van der Waals surface area contributed by atoms with Gasteiger partial charge >= 0.3 is 0 Å². The molecule has 0 aliphatic rings. The third kappa shape index (κ3) is 7.41. The summed E-state index contributed by atoms with van der Waals surface area (Å²) in [5.41, 5.74) is 9.56. The van der Waals surface area contributed by atoms with Gasteiger partial charge in [0.2, 0.25) is 0 Å². The molecule has 4 heterocycles. The fourth-order valence-corrected chi connectivity index (χ4v) is 5.59. The summed E-state index contributed by atoms with van der Waals surface area (Å²) in [6.07, 6.45) is 7.23. The topological polar surface area (TPSA) is 110 Å². The largest absolute Gasteiger partial charge is 0.384 e. The van der Waals surface area contributed by atoms with Crippen molar-refractivity contribution in [3.63, 3.8) is 0 Å². The Labute approximate surface area is 279 Å². The van der Waals surface area contributed by atoms with Crippen molar-refractivity contribution in [3.8, 4) is 33.8 Å². The highest BCUT2D eigenvalue weighted by Crippen LogP contribution is 2.34. The molecule has 10 heteroatoms. The third-order valence-electron chi connectivity index (χ3n) is 7.91. The summed E-state index contributed by atoms with van der Waals surface area (Å²) in [6, 6.07) is 23.6. The van der Waals surface area contributed by atoms with Gasteiger partial charge in [-0.1, -0.05) is 50.2 Å². The number of nitrogens with zero attached hydrogens (tertiary/aromatic N) is 5. The van der Waals surface area contributed by atoms with Gasteiger partial charge in [-0.2, -0.15) is 5.10 Å². The molecule has 0 fully saturated rings. The lowest BCUT2D eigenvalue weighted by atomic mass is 10.0. The molecular formula is C38H40FN9. The van der Waals surface area contributed by atoms with Crippen molar-refractivity contribution >= 4 is 27.6 Å². The first-order valence-electron chi connectivity index (χ1n) is 16.2. The predicted molar refractivity (Wildman–Crippen MR) is 193 cm³/mol. The van der Waals surface area contributed by atoms with Crippen LogP contribution in [0.15, 0.2) is 97.6 Å². The van der Waals surface area contributed by atoms with Crippen LogP contribution >= 0.6 is 0 Å². The quantitative estimate of drug-likeness (QED) is 0.115. The standard InChI is InChI=1S/C36H34FN9.C2H6/c1-46(2)11-10-41-29-14-26(13-28(37)16-29)31-21-40-22-33-34(31)43-36(42-33)35-30-15-25(8-9-32(30)44-45-35)27-12-24(19-39-20-27)18-38-17-23-6-4-3-5-7-23;1-2/h3-9,12-16,19-22,38,41H,10-11,17-18H2,1-2H3,(H,42,43)(H,44,45);1-2H3. The molecule has 0 amide bonds. The van der Waals surface area contributed by atoms with E-state index < -0.39 is 0 Å². The van der Waals surface area contributed by atoms with E-state index in [-0.39, 0.29) is 5.82 Å². The summed E-state index contributed by atoms with van der Waals surface area (Å²) in [4.78, 5) is 19.4. The van der Waals surface area contributed by atoms with Crippen LogP contribution in [0, 0.1) is 5.82 Å². The van der Waals surface area contributed by atoms with Gasteiger partial charge in [0.1, 0.15) is 11.5 Å². The highest BCUT2D eigenvalue weighted by atomic mass is 19.1. The van der Waals surface area contributed by atoms with Gasteiger partial charge in [0.05, 0.1) is 22.7 Å². The van der Waals surface area contributed by atoms with Crippen LogP contribution in [0.3, 0.4) is 0 Å². The first-order valence-corrected chi connectivity index (χ1v) is 16.2. The fraction of sp³-hybridized carbons (Fsp3) is 0.211. The van der Waals surface area contributed by atoms with Gasteiger partial charge in [-0.25, -0.2) is 9.37 Å². The van der Waals surface area contributed by atoms with E-state index in [1.807, 2.05) is 70.7 Å². The number of aromatic amines is 2. The van der Waals surface area contributed by atoms with Crippen molar-refractivity contribution < 1.29 is 4.39 Å². The lowest BCUT2D eigenvalue weighted by molar-refractivity contribution is 0.425. The molecule has 9 nitrogen and oxygen atoms in total. The number of aromatic nitrogens is 6. The van der Waals surface area contributed by atoms with Gasteiger partial charge in [0, 0.05) is 67.0 Å². The van der Waals surface area contributed by atoms with Crippen molar-refractivity contribution in [2.45, 2.75) is 26.9 Å². The number of fused-ring (bicyclic) bond motifs is 2. The number of benzene rings is 3. The molecule has 4 aromatic heterocycles. The number of halogens is 1. The zero-order valence-corrected chi connectivity index (χ0v) is 27.7. The molecular weight excluding hydrogens is 601 g/mol. The van der Waals surface area contributed by atoms with Crippen LogP contribution in [0.25, 0.3) is 55.7 Å². The minimum atomic E-state index is -0.325. The van der Waals surface area contributed by atoms with Crippen molar-refractivity contribution in [3.05, 3.63) is 115 Å². The van der Waals surface area contributed by atoms with Crippen LogP contribution in [0.2, 0.25) is 0 Å². The molecule has 0 radical (unpaired) electrons. The molecule has 0 spiro atoms. The van der Waals surface area contributed by atoms with Gasteiger partial charge in [-0.3, -0.25) is 15.1 Å². The van der Waals surface area contributed by atoms with Gasteiger partial charge < -0.3 is 20.5 Å². The van der Waals surface area contributed by atoms with Crippen LogP contribution < -0.4 is 10.6 Å². The van der Waals surface area contributed by atoms with Crippen molar-refractivity contribution in [2.24, 2.45) is 0 Å². The normalized spacial score (nSPS) is 11.2. The summed E-state index contributed by atoms with van der Waals surface area (Å²) in [5, 5.41) is 15.5.